The lowest BCUT2D eigenvalue weighted by Gasteiger charge is -2.42. The Morgan fingerprint density at radius 2 is 2.18 bits per heavy atom. The van der Waals surface area contributed by atoms with Crippen LogP contribution in [0.4, 0.5) is 5.95 Å². The molecule has 1 aromatic heterocycles. The molecule has 1 aromatic carbocycles. The third-order valence-electron chi connectivity index (χ3n) is 4.49. The van der Waals surface area contributed by atoms with E-state index in [9.17, 15) is 4.79 Å². The lowest BCUT2D eigenvalue weighted by Crippen LogP contribution is -2.51. The fourth-order valence-electron chi connectivity index (χ4n) is 3.13. The van der Waals surface area contributed by atoms with E-state index in [0.717, 1.165) is 36.4 Å². The molecule has 3 rings (SSSR count). The Morgan fingerprint density at radius 1 is 1.45 bits per heavy atom. The number of imidazole rings is 1. The molecule has 2 aromatic rings. The summed E-state index contributed by atoms with van der Waals surface area (Å²) >= 11 is 0. The molecular formula is C16H22N4O2. The molecule has 118 valence electrons. The fraction of sp³-hybridized carbons (Fsp3) is 0.500. The molecule has 0 radical (unpaired) electrons. The van der Waals surface area contributed by atoms with Gasteiger partial charge in [-0.1, -0.05) is 19.1 Å². The van der Waals surface area contributed by atoms with Crippen LogP contribution >= 0.6 is 0 Å². The van der Waals surface area contributed by atoms with Gasteiger partial charge in [0.25, 0.3) is 0 Å². The van der Waals surface area contributed by atoms with Crippen LogP contribution in [-0.4, -0.2) is 50.7 Å². The van der Waals surface area contributed by atoms with Gasteiger partial charge in [0, 0.05) is 19.1 Å². The maximum absolute atomic E-state index is 10.9. The molecule has 0 unspecified atom stereocenters. The first kappa shape index (κ1) is 14.8. The highest BCUT2D eigenvalue weighted by Crippen LogP contribution is 2.29. The molecule has 0 bridgehead atoms. The van der Waals surface area contributed by atoms with E-state index in [1.54, 1.807) is 0 Å². The summed E-state index contributed by atoms with van der Waals surface area (Å²) < 4.78 is 2.07. The van der Waals surface area contributed by atoms with Crippen LogP contribution in [0.1, 0.15) is 19.8 Å². The van der Waals surface area contributed by atoms with Crippen LogP contribution in [0, 0.1) is 0 Å². The van der Waals surface area contributed by atoms with Crippen LogP contribution in [0.15, 0.2) is 24.3 Å². The Morgan fingerprint density at radius 3 is 2.82 bits per heavy atom. The zero-order valence-electron chi connectivity index (χ0n) is 13.0. The van der Waals surface area contributed by atoms with Crippen LogP contribution in [0.5, 0.6) is 0 Å². The van der Waals surface area contributed by atoms with Crippen LogP contribution in [-0.2, 0) is 11.8 Å². The van der Waals surface area contributed by atoms with E-state index in [1.165, 1.54) is 0 Å². The van der Waals surface area contributed by atoms with Crippen LogP contribution in [0.3, 0.4) is 0 Å². The summed E-state index contributed by atoms with van der Waals surface area (Å²) in [6.45, 7) is 2.91. The molecule has 6 nitrogen and oxygen atoms in total. The van der Waals surface area contributed by atoms with Gasteiger partial charge in [-0.2, -0.15) is 0 Å². The number of carbonyl (C=O) groups is 1. The minimum Gasteiger partial charge on any atom is -0.480 e. The number of aryl methyl sites for hydroxylation is 1. The number of benzene rings is 1. The second kappa shape index (κ2) is 5.96. The summed E-state index contributed by atoms with van der Waals surface area (Å²) in [6.07, 6.45) is 1.93. The zero-order valence-corrected chi connectivity index (χ0v) is 13.0. The number of hydrogen-bond acceptors (Lipinski definition) is 4. The van der Waals surface area contributed by atoms with Gasteiger partial charge in [-0.3, -0.25) is 9.69 Å². The highest BCUT2D eigenvalue weighted by atomic mass is 16.4. The number of aromatic nitrogens is 2. The number of anilines is 1. The number of nitrogens with one attached hydrogen (secondary N) is 1. The largest absolute Gasteiger partial charge is 0.480 e. The number of para-hydroxylation sites is 2. The molecule has 2 N–H and O–H groups in total. The van der Waals surface area contributed by atoms with Gasteiger partial charge >= 0.3 is 5.97 Å². The molecule has 1 saturated carbocycles. The maximum Gasteiger partial charge on any atom is 0.317 e. The van der Waals surface area contributed by atoms with E-state index in [2.05, 4.69) is 20.9 Å². The van der Waals surface area contributed by atoms with Gasteiger partial charge in [-0.15, -0.1) is 0 Å². The van der Waals surface area contributed by atoms with E-state index in [4.69, 9.17) is 5.11 Å². The van der Waals surface area contributed by atoms with Gasteiger partial charge in [0.2, 0.25) is 5.95 Å². The third-order valence-corrected chi connectivity index (χ3v) is 4.49. The SMILES string of the molecule is CCN(CC(=O)O)C1CC(Nc2nc3ccccc3n2C)C1. The average molecular weight is 302 g/mol. The van der Waals surface area contributed by atoms with Crippen molar-refractivity contribution < 1.29 is 9.90 Å². The number of fused-ring (bicyclic) bond motifs is 1. The van der Waals surface area contributed by atoms with Crippen molar-refractivity contribution >= 4 is 23.0 Å². The molecule has 1 aliphatic rings. The quantitative estimate of drug-likeness (QED) is 0.853. The first-order chi connectivity index (χ1) is 10.6. The molecule has 1 heterocycles. The number of rotatable bonds is 6. The molecule has 22 heavy (non-hydrogen) atoms. The molecule has 1 fully saturated rings. The van der Waals surface area contributed by atoms with E-state index in [1.807, 2.05) is 37.1 Å². The number of carboxylic acids is 1. The van der Waals surface area contributed by atoms with Crippen molar-refractivity contribution in [1.29, 1.82) is 0 Å². The van der Waals surface area contributed by atoms with Crippen LogP contribution < -0.4 is 5.32 Å². The van der Waals surface area contributed by atoms with Gasteiger partial charge in [-0.05, 0) is 31.5 Å². The molecule has 0 amide bonds. The van der Waals surface area contributed by atoms with E-state index in [0.29, 0.717) is 12.1 Å². The molecule has 6 heteroatoms. The van der Waals surface area contributed by atoms with Gasteiger partial charge in [0.15, 0.2) is 0 Å². The molecule has 1 aliphatic carbocycles. The Hall–Kier alpha value is -2.08. The number of aliphatic carboxylic acids is 1. The summed E-state index contributed by atoms with van der Waals surface area (Å²) in [6, 6.07) is 8.79. The lowest BCUT2D eigenvalue weighted by atomic mass is 9.85. The summed E-state index contributed by atoms with van der Waals surface area (Å²) in [5.41, 5.74) is 2.10. The van der Waals surface area contributed by atoms with Crippen LogP contribution in [0.25, 0.3) is 11.0 Å². The number of carboxylic acid groups (broad SMARTS) is 1. The maximum atomic E-state index is 10.9. The summed E-state index contributed by atoms with van der Waals surface area (Å²) in [5, 5.41) is 12.4. The number of nitrogens with zero attached hydrogens (tertiary/aromatic N) is 3. The first-order valence-corrected chi connectivity index (χ1v) is 7.72. The monoisotopic (exact) mass is 302 g/mol. The average Bonchev–Trinajstić information content (AvgIpc) is 2.77. The standard InChI is InChI=1S/C16H22N4O2/c1-3-20(10-15(21)22)12-8-11(9-12)17-16-18-13-6-4-5-7-14(13)19(16)2/h4-7,11-12H,3,8-10H2,1-2H3,(H,17,18)(H,21,22). The molecule has 0 atom stereocenters. The normalized spacial score (nSPS) is 21.0. The summed E-state index contributed by atoms with van der Waals surface area (Å²) in [7, 11) is 2.01. The van der Waals surface area contributed by atoms with Gasteiger partial charge in [-0.25, -0.2) is 4.98 Å². The zero-order chi connectivity index (χ0) is 15.7. The Kier molecular flexibility index (Phi) is 4.02. The van der Waals surface area contributed by atoms with Gasteiger partial charge in [0.05, 0.1) is 17.6 Å². The fourth-order valence-corrected chi connectivity index (χ4v) is 3.13. The molecule has 0 saturated heterocycles. The Balaban J connectivity index is 1.61. The highest BCUT2D eigenvalue weighted by Gasteiger charge is 2.34. The second-order valence-electron chi connectivity index (χ2n) is 5.91. The van der Waals surface area contributed by atoms with Crippen molar-refractivity contribution in [2.45, 2.75) is 31.8 Å². The third kappa shape index (κ3) is 2.78. The summed E-state index contributed by atoms with van der Waals surface area (Å²) in [5.74, 6) is 0.125. The number of hydrogen-bond donors (Lipinski definition) is 2. The molecule has 0 spiro atoms. The van der Waals surface area contributed by atoms with E-state index >= 15 is 0 Å². The Bertz CT molecular complexity index is 676. The molecular weight excluding hydrogens is 280 g/mol. The van der Waals surface area contributed by atoms with Crippen molar-refractivity contribution in [2.75, 3.05) is 18.4 Å². The van der Waals surface area contributed by atoms with Gasteiger partial charge < -0.3 is 15.0 Å². The van der Waals surface area contributed by atoms with Crippen molar-refractivity contribution in [3.63, 3.8) is 0 Å². The topological polar surface area (TPSA) is 70.4 Å². The van der Waals surface area contributed by atoms with E-state index in [-0.39, 0.29) is 6.54 Å². The predicted octanol–water partition coefficient (Wildman–Crippen LogP) is 1.92. The van der Waals surface area contributed by atoms with Crippen molar-refractivity contribution in [2.24, 2.45) is 7.05 Å². The van der Waals surface area contributed by atoms with Crippen LogP contribution in [0.2, 0.25) is 0 Å². The predicted molar refractivity (Wildman–Crippen MR) is 86.0 cm³/mol. The molecule has 0 aliphatic heterocycles. The van der Waals surface area contributed by atoms with E-state index < -0.39 is 5.97 Å². The Labute approximate surface area is 129 Å². The minimum atomic E-state index is -0.756. The van der Waals surface area contributed by atoms with Crippen molar-refractivity contribution in [1.82, 2.24) is 14.5 Å². The number of likely N-dealkylation sites (N-methyl/N-ethyl adjacent to an activating group) is 1. The first-order valence-electron chi connectivity index (χ1n) is 7.72. The lowest BCUT2D eigenvalue weighted by molar-refractivity contribution is -0.139. The second-order valence-corrected chi connectivity index (χ2v) is 5.91. The smallest absolute Gasteiger partial charge is 0.317 e. The summed E-state index contributed by atoms with van der Waals surface area (Å²) in [4.78, 5) is 17.5. The van der Waals surface area contributed by atoms with Crippen molar-refractivity contribution in [3.05, 3.63) is 24.3 Å². The minimum absolute atomic E-state index is 0.125. The highest BCUT2D eigenvalue weighted by molar-refractivity contribution is 5.78. The van der Waals surface area contributed by atoms with Gasteiger partial charge in [0.1, 0.15) is 0 Å². The van der Waals surface area contributed by atoms with Crippen molar-refractivity contribution in [3.8, 4) is 0 Å².